The molecule has 7 heteroatoms. The third-order valence-corrected chi connectivity index (χ3v) is 6.30. The molecule has 0 bridgehead atoms. The quantitative estimate of drug-likeness (QED) is 0.468. The SMILES string of the molecule is CC[C@@H](C)NC(=O)[C@H](CC)N(Cc1cccc(OC)c1)C(=O)CSc1ccc(Cl)cc1. The first kappa shape index (κ1) is 25.1. The molecule has 2 aromatic rings. The maximum absolute atomic E-state index is 13.3. The number of hydrogen-bond donors (Lipinski definition) is 1. The second-order valence-corrected chi connectivity index (χ2v) is 8.84. The Bertz CT molecular complexity index is 860. The van der Waals surface area contributed by atoms with Crippen LogP contribution in [0.1, 0.15) is 39.2 Å². The minimum absolute atomic E-state index is 0.0544. The van der Waals surface area contributed by atoms with Gasteiger partial charge in [0.15, 0.2) is 0 Å². The van der Waals surface area contributed by atoms with Crippen molar-refractivity contribution in [3.63, 3.8) is 0 Å². The predicted octanol–water partition coefficient (Wildman–Crippen LogP) is 5.16. The third-order valence-electron chi connectivity index (χ3n) is 5.05. The van der Waals surface area contributed by atoms with Crippen molar-refractivity contribution in [2.24, 2.45) is 0 Å². The van der Waals surface area contributed by atoms with Crippen molar-refractivity contribution >= 4 is 35.2 Å². The average Bonchev–Trinajstić information content (AvgIpc) is 2.78. The Morgan fingerprint density at radius 3 is 2.45 bits per heavy atom. The van der Waals surface area contributed by atoms with E-state index in [4.69, 9.17) is 16.3 Å². The van der Waals surface area contributed by atoms with Gasteiger partial charge >= 0.3 is 0 Å². The summed E-state index contributed by atoms with van der Waals surface area (Å²) in [5.74, 6) is 0.745. The molecule has 0 aliphatic heterocycles. The Balaban J connectivity index is 2.22. The Hall–Kier alpha value is -2.18. The van der Waals surface area contributed by atoms with Crippen LogP contribution in [0.4, 0.5) is 0 Å². The summed E-state index contributed by atoms with van der Waals surface area (Å²) in [6.45, 7) is 6.26. The van der Waals surface area contributed by atoms with E-state index in [1.54, 1.807) is 24.1 Å². The molecule has 2 rings (SSSR count). The summed E-state index contributed by atoms with van der Waals surface area (Å²) in [5.41, 5.74) is 0.916. The molecule has 0 unspecified atom stereocenters. The molecule has 2 amide bonds. The summed E-state index contributed by atoms with van der Waals surface area (Å²) in [6.07, 6.45) is 1.36. The molecule has 0 spiro atoms. The van der Waals surface area contributed by atoms with E-state index in [1.807, 2.05) is 57.2 Å². The van der Waals surface area contributed by atoms with Crippen molar-refractivity contribution in [2.45, 2.75) is 57.1 Å². The molecule has 0 saturated heterocycles. The molecule has 0 saturated carbocycles. The Morgan fingerprint density at radius 1 is 1.13 bits per heavy atom. The van der Waals surface area contributed by atoms with Crippen molar-refractivity contribution in [2.75, 3.05) is 12.9 Å². The number of rotatable bonds is 11. The highest BCUT2D eigenvalue weighted by Crippen LogP contribution is 2.23. The summed E-state index contributed by atoms with van der Waals surface area (Å²) in [6, 6.07) is 14.5. The molecule has 0 fully saturated rings. The second kappa shape index (κ2) is 12.6. The molecule has 2 aromatic carbocycles. The van der Waals surface area contributed by atoms with Crippen molar-refractivity contribution in [3.05, 3.63) is 59.1 Å². The van der Waals surface area contributed by atoms with Gasteiger partial charge in [-0.3, -0.25) is 9.59 Å². The highest BCUT2D eigenvalue weighted by Gasteiger charge is 2.29. The molecule has 2 atom stereocenters. The summed E-state index contributed by atoms with van der Waals surface area (Å²) < 4.78 is 5.32. The van der Waals surface area contributed by atoms with Crippen LogP contribution in [-0.2, 0) is 16.1 Å². The zero-order valence-corrected chi connectivity index (χ0v) is 20.1. The molecule has 1 N–H and O–H groups in total. The van der Waals surface area contributed by atoms with Crippen LogP contribution in [0.2, 0.25) is 5.02 Å². The minimum Gasteiger partial charge on any atom is -0.497 e. The van der Waals surface area contributed by atoms with Crippen molar-refractivity contribution < 1.29 is 14.3 Å². The number of nitrogens with one attached hydrogen (secondary N) is 1. The maximum Gasteiger partial charge on any atom is 0.243 e. The zero-order chi connectivity index (χ0) is 22.8. The molecule has 0 aromatic heterocycles. The van der Waals surface area contributed by atoms with E-state index in [2.05, 4.69) is 5.32 Å². The van der Waals surface area contributed by atoms with Gasteiger partial charge in [0.25, 0.3) is 0 Å². The number of carbonyl (C=O) groups is 2. The highest BCUT2D eigenvalue weighted by molar-refractivity contribution is 8.00. The van der Waals surface area contributed by atoms with Gasteiger partial charge in [0.1, 0.15) is 11.8 Å². The lowest BCUT2D eigenvalue weighted by Gasteiger charge is -2.31. The van der Waals surface area contributed by atoms with Gasteiger partial charge in [-0.15, -0.1) is 11.8 Å². The smallest absolute Gasteiger partial charge is 0.243 e. The van der Waals surface area contributed by atoms with E-state index in [1.165, 1.54) is 11.8 Å². The van der Waals surface area contributed by atoms with E-state index in [0.717, 1.165) is 22.6 Å². The van der Waals surface area contributed by atoms with E-state index in [9.17, 15) is 9.59 Å². The fraction of sp³-hybridized carbons (Fsp3) is 0.417. The standard InChI is InChI=1S/C24H31ClN2O3S/c1-5-17(3)26-24(29)22(6-2)27(15-18-8-7-9-20(14-18)30-4)23(28)16-31-21-12-10-19(25)11-13-21/h7-14,17,22H,5-6,15-16H2,1-4H3,(H,26,29)/t17-,22+/m1/s1. The molecule has 0 radical (unpaired) electrons. The Morgan fingerprint density at radius 2 is 1.84 bits per heavy atom. The predicted molar refractivity (Wildman–Crippen MR) is 128 cm³/mol. The summed E-state index contributed by atoms with van der Waals surface area (Å²) in [7, 11) is 1.61. The topological polar surface area (TPSA) is 58.6 Å². The lowest BCUT2D eigenvalue weighted by atomic mass is 10.1. The van der Waals surface area contributed by atoms with Gasteiger partial charge in [-0.2, -0.15) is 0 Å². The summed E-state index contributed by atoms with van der Waals surface area (Å²) in [4.78, 5) is 28.9. The second-order valence-electron chi connectivity index (χ2n) is 7.36. The van der Waals surface area contributed by atoms with Crippen LogP contribution in [0.3, 0.4) is 0 Å². The van der Waals surface area contributed by atoms with Gasteiger partial charge in [0.2, 0.25) is 11.8 Å². The monoisotopic (exact) mass is 462 g/mol. The number of halogens is 1. The maximum atomic E-state index is 13.3. The van der Waals surface area contributed by atoms with Crippen molar-refractivity contribution in [3.8, 4) is 5.75 Å². The first-order valence-electron chi connectivity index (χ1n) is 10.5. The van der Waals surface area contributed by atoms with Crippen LogP contribution in [-0.4, -0.2) is 41.7 Å². The molecule has 31 heavy (non-hydrogen) atoms. The first-order valence-corrected chi connectivity index (χ1v) is 11.8. The lowest BCUT2D eigenvalue weighted by molar-refractivity contribution is -0.139. The van der Waals surface area contributed by atoms with Gasteiger partial charge in [0, 0.05) is 22.5 Å². The third kappa shape index (κ3) is 7.78. The number of benzene rings is 2. The van der Waals surface area contributed by atoms with E-state index in [0.29, 0.717) is 18.0 Å². The Labute approximate surface area is 194 Å². The number of amides is 2. The number of methoxy groups -OCH3 is 1. The van der Waals surface area contributed by atoms with Crippen LogP contribution in [0.15, 0.2) is 53.4 Å². The average molecular weight is 463 g/mol. The van der Waals surface area contributed by atoms with Crippen LogP contribution < -0.4 is 10.1 Å². The normalized spacial score (nSPS) is 12.7. The van der Waals surface area contributed by atoms with Crippen molar-refractivity contribution in [1.82, 2.24) is 10.2 Å². The number of thioether (sulfide) groups is 1. The summed E-state index contributed by atoms with van der Waals surface area (Å²) in [5, 5.41) is 3.68. The largest absolute Gasteiger partial charge is 0.497 e. The Kier molecular flexibility index (Phi) is 10.2. The van der Waals surface area contributed by atoms with Gasteiger partial charge in [-0.25, -0.2) is 0 Å². The van der Waals surface area contributed by atoms with Crippen LogP contribution in [0.25, 0.3) is 0 Å². The van der Waals surface area contributed by atoms with Gasteiger partial charge < -0.3 is 15.0 Å². The van der Waals surface area contributed by atoms with Gasteiger partial charge in [-0.1, -0.05) is 37.6 Å². The molecule has 5 nitrogen and oxygen atoms in total. The number of carbonyl (C=O) groups excluding carboxylic acids is 2. The molecular weight excluding hydrogens is 432 g/mol. The number of ether oxygens (including phenoxy) is 1. The van der Waals surface area contributed by atoms with Gasteiger partial charge in [-0.05, 0) is 61.7 Å². The number of nitrogens with zero attached hydrogens (tertiary/aromatic N) is 1. The van der Waals surface area contributed by atoms with Crippen LogP contribution in [0.5, 0.6) is 5.75 Å². The fourth-order valence-corrected chi connectivity index (χ4v) is 4.00. The summed E-state index contributed by atoms with van der Waals surface area (Å²) >= 11 is 7.38. The minimum atomic E-state index is -0.543. The van der Waals surface area contributed by atoms with Crippen LogP contribution >= 0.6 is 23.4 Å². The van der Waals surface area contributed by atoms with Crippen LogP contribution in [0, 0.1) is 0 Å². The van der Waals surface area contributed by atoms with E-state index < -0.39 is 6.04 Å². The lowest BCUT2D eigenvalue weighted by Crippen LogP contribution is -2.51. The van der Waals surface area contributed by atoms with E-state index in [-0.39, 0.29) is 23.6 Å². The molecule has 168 valence electrons. The zero-order valence-electron chi connectivity index (χ0n) is 18.6. The van der Waals surface area contributed by atoms with Crippen molar-refractivity contribution in [1.29, 1.82) is 0 Å². The molecule has 0 aliphatic rings. The molecule has 0 aliphatic carbocycles. The number of hydrogen-bond acceptors (Lipinski definition) is 4. The molecule has 0 heterocycles. The van der Waals surface area contributed by atoms with E-state index >= 15 is 0 Å². The fourth-order valence-electron chi connectivity index (χ4n) is 3.09. The van der Waals surface area contributed by atoms with Gasteiger partial charge in [0.05, 0.1) is 12.9 Å². The first-order chi connectivity index (χ1) is 14.9. The highest BCUT2D eigenvalue weighted by atomic mass is 35.5. The molecular formula is C24H31ClN2O3S.